The molecule has 0 radical (unpaired) electrons. The van der Waals surface area contributed by atoms with Crippen molar-refractivity contribution < 1.29 is 19.4 Å². The maximum absolute atomic E-state index is 11.8. The van der Waals surface area contributed by atoms with Crippen LogP contribution in [0, 0.1) is 0 Å². The Morgan fingerprint density at radius 2 is 1.85 bits per heavy atom. The van der Waals surface area contributed by atoms with Gasteiger partial charge < -0.3 is 14.6 Å². The number of phenols is 1. The third-order valence-corrected chi connectivity index (χ3v) is 4.04. The summed E-state index contributed by atoms with van der Waals surface area (Å²) in [5.74, 6) is 0.104. The van der Waals surface area contributed by atoms with E-state index in [-0.39, 0.29) is 28.2 Å². The summed E-state index contributed by atoms with van der Waals surface area (Å²) >= 11 is 17.7. The van der Waals surface area contributed by atoms with Crippen LogP contribution in [-0.4, -0.2) is 30.4 Å². The molecule has 0 aliphatic carbocycles. The van der Waals surface area contributed by atoms with Crippen molar-refractivity contribution in [3.63, 3.8) is 0 Å². The van der Waals surface area contributed by atoms with E-state index in [4.69, 9.17) is 44.3 Å². The van der Waals surface area contributed by atoms with E-state index in [1.54, 1.807) is 19.1 Å². The summed E-state index contributed by atoms with van der Waals surface area (Å²) in [5, 5.41) is 14.2. The summed E-state index contributed by atoms with van der Waals surface area (Å²) in [6.07, 6.45) is 1.41. The van der Waals surface area contributed by atoms with Gasteiger partial charge in [0.25, 0.3) is 5.91 Å². The molecule has 0 saturated carbocycles. The molecule has 0 atom stereocenters. The number of carbonyl (C=O) groups excluding carboxylic acids is 1. The second kappa shape index (κ2) is 9.52. The fourth-order valence-corrected chi connectivity index (χ4v) is 2.44. The van der Waals surface area contributed by atoms with Crippen molar-refractivity contribution in [1.29, 1.82) is 0 Å². The van der Waals surface area contributed by atoms with Crippen LogP contribution in [0.15, 0.2) is 35.4 Å². The summed E-state index contributed by atoms with van der Waals surface area (Å²) in [7, 11) is 0. The number of ether oxygens (including phenoxy) is 2. The number of aromatic hydroxyl groups is 1. The number of nitrogens with zero attached hydrogens (tertiary/aromatic N) is 1. The molecule has 0 aromatic heterocycles. The number of halogens is 3. The van der Waals surface area contributed by atoms with Crippen molar-refractivity contribution in [2.24, 2.45) is 5.10 Å². The molecule has 2 N–H and O–H groups in total. The van der Waals surface area contributed by atoms with Crippen molar-refractivity contribution >= 4 is 46.9 Å². The van der Waals surface area contributed by atoms with Gasteiger partial charge in [-0.3, -0.25) is 4.79 Å². The van der Waals surface area contributed by atoms with Crippen molar-refractivity contribution in [3.8, 4) is 17.2 Å². The van der Waals surface area contributed by atoms with Gasteiger partial charge in [-0.15, -0.1) is 0 Å². The van der Waals surface area contributed by atoms with Gasteiger partial charge in [-0.1, -0.05) is 34.8 Å². The van der Waals surface area contributed by atoms with Gasteiger partial charge in [0.15, 0.2) is 18.1 Å². The molecule has 0 aliphatic rings. The number of hydrazone groups is 1. The molecule has 6 nitrogen and oxygen atoms in total. The van der Waals surface area contributed by atoms with Gasteiger partial charge in [0.1, 0.15) is 5.75 Å². The minimum Gasteiger partial charge on any atom is -0.504 e. The van der Waals surface area contributed by atoms with Crippen LogP contribution in [0.3, 0.4) is 0 Å². The Hall–Kier alpha value is -2.15. The lowest BCUT2D eigenvalue weighted by atomic mass is 10.2. The van der Waals surface area contributed by atoms with Gasteiger partial charge in [0.2, 0.25) is 0 Å². The highest BCUT2D eigenvalue weighted by molar-refractivity contribution is 6.43. The zero-order valence-electron chi connectivity index (χ0n) is 13.6. The first-order valence-electron chi connectivity index (χ1n) is 7.45. The predicted molar refractivity (Wildman–Crippen MR) is 102 cm³/mol. The molecule has 1 amide bonds. The van der Waals surface area contributed by atoms with E-state index in [0.29, 0.717) is 22.9 Å². The predicted octanol–water partition coefficient (Wildman–Crippen LogP) is 4.28. The van der Waals surface area contributed by atoms with Crippen LogP contribution < -0.4 is 14.9 Å². The smallest absolute Gasteiger partial charge is 0.277 e. The molecule has 0 fully saturated rings. The minimum atomic E-state index is -0.493. The molecule has 0 heterocycles. The number of benzene rings is 2. The number of amides is 1. The van der Waals surface area contributed by atoms with Gasteiger partial charge in [0, 0.05) is 6.07 Å². The van der Waals surface area contributed by atoms with Gasteiger partial charge in [-0.2, -0.15) is 5.10 Å². The topological polar surface area (TPSA) is 80.2 Å². The maximum atomic E-state index is 11.8. The van der Waals surface area contributed by atoms with Gasteiger partial charge in [-0.25, -0.2) is 5.43 Å². The number of hydrogen-bond donors (Lipinski definition) is 2. The first-order valence-corrected chi connectivity index (χ1v) is 8.59. The summed E-state index contributed by atoms with van der Waals surface area (Å²) in [4.78, 5) is 11.8. The quantitative estimate of drug-likeness (QED) is 0.400. The van der Waals surface area contributed by atoms with Crippen molar-refractivity contribution in [2.75, 3.05) is 13.2 Å². The lowest BCUT2D eigenvalue weighted by Gasteiger charge is -2.08. The highest BCUT2D eigenvalue weighted by Crippen LogP contribution is 2.33. The fraction of sp³-hybridized carbons (Fsp3) is 0.176. The molecule has 26 heavy (non-hydrogen) atoms. The molecular weight excluding hydrogens is 403 g/mol. The Bertz CT molecular complexity index is 828. The van der Waals surface area contributed by atoms with Crippen LogP contribution in [-0.2, 0) is 4.79 Å². The molecule has 2 aromatic rings. The van der Waals surface area contributed by atoms with Crippen LogP contribution in [0.2, 0.25) is 15.1 Å². The fourth-order valence-electron chi connectivity index (χ4n) is 1.85. The molecule has 0 bridgehead atoms. The number of phenolic OH excluding ortho intramolecular Hbond substituents is 1. The van der Waals surface area contributed by atoms with E-state index in [0.717, 1.165) is 0 Å². The Kier molecular flexibility index (Phi) is 7.38. The van der Waals surface area contributed by atoms with Crippen LogP contribution in [0.4, 0.5) is 0 Å². The number of nitrogens with one attached hydrogen (secondary N) is 1. The standard InChI is InChI=1S/C17H15Cl3N2O4/c1-2-25-16-5-10(3-4-14(16)23)8-21-22-17(24)9-26-15-7-12(19)11(18)6-13(15)20/h3-8,23H,2,9H2,1H3,(H,22,24)/b21-8+. The van der Waals surface area contributed by atoms with E-state index in [9.17, 15) is 9.90 Å². The number of hydrogen-bond acceptors (Lipinski definition) is 5. The Balaban J connectivity index is 1.90. The van der Waals surface area contributed by atoms with E-state index < -0.39 is 5.91 Å². The Labute approximate surface area is 165 Å². The van der Waals surface area contributed by atoms with Crippen LogP contribution >= 0.6 is 34.8 Å². The second-order valence-electron chi connectivity index (χ2n) is 4.94. The largest absolute Gasteiger partial charge is 0.504 e. The molecule has 2 aromatic carbocycles. The van der Waals surface area contributed by atoms with E-state index in [1.165, 1.54) is 24.4 Å². The molecule has 0 unspecified atom stereocenters. The van der Waals surface area contributed by atoms with E-state index in [1.807, 2.05) is 0 Å². The third kappa shape index (κ3) is 5.69. The summed E-state index contributed by atoms with van der Waals surface area (Å²) in [6.45, 7) is 1.91. The van der Waals surface area contributed by atoms with Crippen LogP contribution in [0.5, 0.6) is 17.2 Å². The second-order valence-corrected chi connectivity index (χ2v) is 6.16. The highest BCUT2D eigenvalue weighted by Gasteiger charge is 2.09. The van der Waals surface area contributed by atoms with Crippen LogP contribution in [0.1, 0.15) is 12.5 Å². The minimum absolute atomic E-state index is 0.0277. The molecule has 0 aliphatic heterocycles. The van der Waals surface area contributed by atoms with E-state index in [2.05, 4.69) is 10.5 Å². The van der Waals surface area contributed by atoms with Gasteiger partial charge >= 0.3 is 0 Å². The first-order chi connectivity index (χ1) is 12.4. The average Bonchev–Trinajstić information content (AvgIpc) is 2.60. The molecule has 0 spiro atoms. The molecule has 0 saturated heterocycles. The number of carbonyl (C=O) groups is 1. The third-order valence-electron chi connectivity index (χ3n) is 3.02. The van der Waals surface area contributed by atoms with E-state index >= 15 is 0 Å². The summed E-state index contributed by atoms with van der Waals surface area (Å²) in [5.41, 5.74) is 2.95. The van der Waals surface area contributed by atoms with Crippen LogP contribution in [0.25, 0.3) is 0 Å². The van der Waals surface area contributed by atoms with Crippen molar-refractivity contribution in [2.45, 2.75) is 6.92 Å². The zero-order chi connectivity index (χ0) is 19.1. The summed E-state index contributed by atoms with van der Waals surface area (Å²) in [6, 6.07) is 7.55. The maximum Gasteiger partial charge on any atom is 0.277 e. The first kappa shape index (κ1) is 20.2. The SMILES string of the molecule is CCOc1cc(/C=N/NC(=O)COc2cc(Cl)c(Cl)cc2Cl)ccc1O. The molecular formula is C17H15Cl3N2O4. The van der Waals surface area contributed by atoms with Crippen molar-refractivity contribution in [1.82, 2.24) is 5.43 Å². The van der Waals surface area contributed by atoms with Gasteiger partial charge in [-0.05, 0) is 36.8 Å². The lowest BCUT2D eigenvalue weighted by Crippen LogP contribution is -2.24. The average molecular weight is 418 g/mol. The normalized spacial score (nSPS) is 10.8. The molecule has 9 heteroatoms. The number of rotatable bonds is 7. The monoisotopic (exact) mass is 416 g/mol. The lowest BCUT2D eigenvalue weighted by molar-refractivity contribution is -0.123. The van der Waals surface area contributed by atoms with Crippen molar-refractivity contribution in [3.05, 3.63) is 51.0 Å². The molecule has 2 rings (SSSR count). The summed E-state index contributed by atoms with van der Waals surface area (Å²) < 4.78 is 10.6. The molecule has 138 valence electrons. The highest BCUT2D eigenvalue weighted by atomic mass is 35.5. The zero-order valence-corrected chi connectivity index (χ0v) is 15.9. The Morgan fingerprint density at radius 1 is 1.12 bits per heavy atom. The van der Waals surface area contributed by atoms with Gasteiger partial charge in [0.05, 0.1) is 27.9 Å². The Morgan fingerprint density at radius 3 is 2.58 bits per heavy atom.